The summed E-state index contributed by atoms with van der Waals surface area (Å²) in [6.07, 6.45) is 2.39. The molecule has 0 spiro atoms. The van der Waals surface area contributed by atoms with E-state index in [4.69, 9.17) is 16.6 Å². The van der Waals surface area contributed by atoms with Gasteiger partial charge in [-0.15, -0.1) is 0 Å². The van der Waals surface area contributed by atoms with Crippen molar-refractivity contribution in [3.63, 3.8) is 0 Å². The van der Waals surface area contributed by atoms with Gasteiger partial charge in [0.15, 0.2) is 5.96 Å². The fraction of sp³-hybridized carbons (Fsp3) is 0.650. The monoisotopic (exact) mass is 375 g/mol. The number of halogens is 1. The minimum absolute atomic E-state index is 0.187. The van der Waals surface area contributed by atoms with Gasteiger partial charge in [-0.3, -0.25) is 14.8 Å². The highest BCUT2D eigenvalue weighted by atomic mass is 35.5. The minimum Gasteiger partial charge on any atom is -0.357 e. The predicted octanol–water partition coefficient (Wildman–Crippen LogP) is 1.93. The van der Waals surface area contributed by atoms with E-state index < -0.39 is 0 Å². The van der Waals surface area contributed by atoms with Gasteiger partial charge in [0, 0.05) is 62.3 Å². The Kier molecular flexibility index (Phi) is 5.39. The van der Waals surface area contributed by atoms with E-state index in [-0.39, 0.29) is 5.41 Å². The van der Waals surface area contributed by atoms with Crippen molar-refractivity contribution in [2.24, 2.45) is 4.99 Å². The van der Waals surface area contributed by atoms with Gasteiger partial charge in [0.25, 0.3) is 0 Å². The number of piperazine rings is 3. The van der Waals surface area contributed by atoms with Gasteiger partial charge >= 0.3 is 0 Å². The van der Waals surface area contributed by atoms with Crippen molar-refractivity contribution in [1.82, 2.24) is 20.4 Å². The van der Waals surface area contributed by atoms with Crippen LogP contribution in [0.4, 0.5) is 0 Å². The summed E-state index contributed by atoms with van der Waals surface area (Å²) in [4.78, 5) is 10.1. The summed E-state index contributed by atoms with van der Waals surface area (Å²) in [7, 11) is 0. The number of hydrogen-bond donors (Lipinski definition) is 2. The second-order valence-electron chi connectivity index (χ2n) is 7.86. The molecule has 1 unspecified atom stereocenters. The molecule has 2 bridgehead atoms. The van der Waals surface area contributed by atoms with Crippen LogP contribution in [0.15, 0.2) is 29.3 Å². The molecule has 4 fully saturated rings. The summed E-state index contributed by atoms with van der Waals surface area (Å²) < 4.78 is 0. The first-order chi connectivity index (χ1) is 12.7. The number of nitrogens with one attached hydrogen (secondary N) is 2. The minimum atomic E-state index is 0.187. The average Bonchev–Trinajstić information content (AvgIpc) is 3.46. The molecule has 3 aliphatic heterocycles. The van der Waals surface area contributed by atoms with Crippen LogP contribution in [0.3, 0.4) is 0 Å². The summed E-state index contributed by atoms with van der Waals surface area (Å²) in [6.45, 7) is 10.8. The van der Waals surface area contributed by atoms with Crippen LogP contribution in [0.5, 0.6) is 0 Å². The Morgan fingerprint density at radius 1 is 1.23 bits per heavy atom. The highest BCUT2D eigenvalue weighted by molar-refractivity contribution is 6.30. The van der Waals surface area contributed by atoms with Crippen LogP contribution in [-0.4, -0.2) is 74.2 Å². The van der Waals surface area contributed by atoms with E-state index in [1.54, 1.807) is 0 Å². The summed E-state index contributed by atoms with van der Waals surface area (Å²) in [5, 5.41) is 7.81. The third-order valence-electron chi connectivity index (χ3n) is 6.07. The zero-order chi connectivity index (χ0) is 18.0. The van der Waals surface area contributed by atoms with Crippen LogP contribution in [0.2, 0.25) is 5.02 Å². The van der Waals surface area contributed by atoms with Crippen molar-refractivity contribution >= 4 is 17.6 Å². The highest BCUT2D eigenvalue weighted by Gasteiger charge is 2.44. The summed E-state index contributed by atoms with van der Waals surface area (Å²) in [5.41, 5.74) is 1.51. The van der Waals surface area contributed by atoms with E-state index in [9.17, 15) is 0 Å². The van der Waals surface area contributed by atoms with Gasteiger partial charge in [0.05, 0.1) is 6.54 Å². The molecule has 0 amide bonds. The van der Waals surface area contributed by atoms with Crippen LogP contribution in [0.25, 0.3) is 0 Å². The van der Waals surface area contributed by atoms with Gasteiger partial charge < -0.3 is 10.6 Å². The molecular weight excluding hydrogens is 346 g/mol. The van der Waals surface area contributed by atoms with Crippen LogP contribution >= 0.6 is 11.6 Å². The van der Waals surface area contributed by atoms with Gasteiger partial charge in [-0.25, -0.2) is 0 Å². The Morgan fingerprint density at radius 3 is 2.65 bits per heavy atom. The fourth-order valence-corrected chi connectivity index (χ4v) is 4.40. The lowest BCUT2D eigenvalue weighted by molar-refractivity contribution is 0.0154. The van der Waals surface area contributed by atoms with Gasteiger partial charge in [-0.1, -0.05) is 23.7 Å². The lowest BCUT2D eigenvalue weighted by Crippen LogP contribution is -2.63. The molecule has 2 N–H and O–H groups in total. The second-order valence-corrected chi connectivity index (χ2v) is 8.29. The molecule has 4 aliphatic rings. The zero-order valence-electron chi connectivity index (χ0n) is 15.7. The van der Waals surface area contributed by atoms with Crippen LogP contribution in [0, 0.1) is 0 Å². The molecule has 1 aromatic carbocycles. The standard InChI is InChI=1S/C20H30ClN5/c1-2-22-19(23-13-18-14-25-8-10-26(18)11-9-25)24-15-20(6-7-20)16-4-3-5-17(21)12-16/h3-5,12,18H,2,6-11,13-15H2,1H3,(H2,22,23,24). The predicted molar refractivity (Wildman–Crippen MR) is 108 cm³/mol. The maximum Gasteiger partial charge on any atom is 0.191 e. The number of guanidine groups is 1. The number of fused-ring (bicyclic) bond motifs is 3. The molecule has 1 atom stereocenters. The fourth-order valence-electron chi connectivity index (χ4n) is 4.21. The van der Waals surface area contributed by atoms with Gasteiger partial charge in [-0.2, -0.15) is 0 Å². The van der Waals surface area contributed by atoms with Crippen molar-refractivity contribution in [2.45, 2.75) is 31.2 Å². The lowest BCUT2D eigenvalue weighted by atomic mass is 9.96. The van der Waals surface area contributed by atoms with Gasteiger partial charge in [-0.05, 0) is 37.5 Å². The molecule has 6 heteroatoms. The molecule has 1 saturated carbocycles. The molecule has 26 heavy (non-hydrogen) atoms. The number of aliphatic imine (C=N–C) groups is 1. The summed E-state index contributed by atoms with van der Waals surface area (Å²) in [6, 6.07) is 8.89. The first kappa shape index (κ1) is 18.1. The SMILES string of the molecule is CCNC(=NCC1(c2cccc(Cl)c2)CC1)NCC1CN2CCN1CC2. The van der Waals surface area contributed by atoms with E-state index in [1.807, 2.05) is 12.1 Å². The van der Waals surface area contributed by atoms with Gasteiger partial charge in [0.1, 0.15) is 0 Å². The smallest absolute Gasteiger partial charge is 0.191 e. The number of hydrogen-bond acceptors (Lipinski definition) is 3. The van der Waals surface area contributed by atoms with E-state index in [2.05, 4.69) is 39.5 Å². The van der Waals surface area contributed by atoms with E-state index >= 15 is 0 Å². The largest absolute Gasteiger partial charge is 0.357 e. The molecule has 5 nitrogen and oxygen atoms in total. The molecule has 3 heterocycles. The Labute approximate surface area is 161 Å². The van der Waals surface area contributed by atoms with Crippen molar-refractivity contribution < 1.29 is 0 Å². The van der Waals surface area contributed by atoms with Crippen molar-refractivity contribution in [3.05, 3.63) is 34.9 Å². The number of rotatable bonds is 6. The first-order valence-corrected chi connectivity index (χ1v) is 10.3. The maximum atomic E-state index is 6.19. The van der Waals surface area contributed by atoms with E-state index in [1.165, 1.54) is 51.1 Å². The third-order valence-corrected chi connectivity index (χ3v) is 6.31. The highest BCUT2D eigenvalue weighted by Crippen LogP contribution is 2.48. The molecule has 1 aliphatic carbocycles. The summed E-state index contributed by atoms with van der Waals surface area (Å²) >= 11 is 6.19. The normalized spacial score (nSPS) is 29.5. The number of benzene rings is 1. The van der Waals surface area contributed by atoms with Crippen molar-refractivity contribution in [3.8, 4) is 0 Å². The average molecular weight is 376 g/mol. The van der Waals surface area contributed by atoms with E-state index in [0.717, 1.165) is 30.6 Å². The van der Waals surface area contributed by atoms with Gasteiger partial charge in [0.2, 0.25) is 0 Å². The van der Waals surface area contributed by atoms with Crippen molar-refractivity contribution in [1.29, 1.82) is 0 Å². The van der Waals surface area contributed by atoms with Crippen LogP contribution in [-0.2, 0) is 5.41 Å². The van der Waals surface area contributed by atoms with E-state index in [0.29, 0.717) is 6.04 Å². The number of nitrogens with zero attached hydrogens (tertiary/aromatic N) is 3. The Hall–Kier alpha value is -1.30. The molecule has 3 saturated heterocycles. The Bertz CT molecular complexity index is 649. The molecule has 0 aromatic heterocycles. The topological polar surface area (TPSA) is 42.9 Å². The molecule has 1 aromatic rings. The lowest BCUT2D eigenvalue weighted by Gasteiger charge is -2.47. The molecular formula is C20H30ClN5. The van der Waals surface area contributed by atoms with Crippen molar-refractivity contribution in [2.75, 3.05) is 52.4 Å². The Balaban J connectivity index is 1.37. The Morgan fingerprint density at radius 2 is 2.04 bits per heavy atom. The maximum absolute atomic E-state index is 6.19. The molecule has 0 radical (unpaired) electrons. The zero-order valence-corrected chi connectivity index (χ0v) is 16.4. The second kappa shape index (κ2) is 7.75. The molecule has 142 valence electrons. The third kappa shape index (κ3) is 4.00. The first-order valence-electron chi connectivity index (χ1n) is 9.93. The quantitative estimate of drug-likeness (QED) is 0.589. The van der Waals surface area contributed by atoms with Crippen LogP contribution in [0.1, 0.15) is 25.3 Å². The van der Waals surface area contributed by atoms with Crippen LogP contribution < -0.4 is 10.6 Å². The summed E-state index contributed by atoms with van der Waals surface area (Å²) in [5.74, 6) is 0.943. The molecule has 5 rings (SSSR count).